The van der Waals surface area contributed by atoms with E-state index in [1.807, 2.05) is 13.8 Å². The van der Waals surface area contributed by atoms with Crippen LogP contribution in [-0.2, 0) is 13.8 Å². The third kappa shape index (κ3) is 8.53. The molecule has 0 aliphatic rings. The summed E-state index contributed by atoms with van der Waals surface area (Å²) in [6.07, 6.45) is 1.79. The maximum absolute atomic E-state index is 10.8. The lowest BCUT2D eigenvalue weighted by molar-refractivity contribution is 0.114. The SMILES string of the molecule is CCCC(COCC)CS(=O)(=O)Cl. The van der Waals surface area contributed by atoms with Crippen molar-refractivity contribution < 1.29 is 13.2 Å². The fourth-order valence-corrected chi connectivity index (χ4v) is 2.55. The lowest BCUT2D eigenvalue weighted by Gasteiger charge is -2.13. The van der Waals surface area contributed by atoms with Gasteiger partial charge in [-0.2, -0.15) is 0 Å². The fourth-order valence-electron chi connectivity index (χ4n) is 1.19. The van der Waals surface area contributed by atoms with E-state index >= 15 is 0 Å². The Bertz CT molecular complexity index is 213. The molecule has 5 heteroatoms. The van der Waals surface area contributed by atoms with Crippen LogP contribution in [0.4, 0.5) is 0 Å². The van der Waals surface area contributed by atoms with Crippen LogP contribution in [0.3, 0.4) is 0 Å². The second-order valence-corrected chi connectivity index (χ2v) is 5.84. The molecule has 0 N–H and O–H groups in total. The van der Waals surface area contributed by atoms with Gasteiger partial charge in [-0.25, -0.2) is 8.42 Å². The molecule has 0 saturated carbocycles. The highest BCUT2D eigenvalue weighted by Crippen LogP contribution is 2.12. The molecule has 0 aliphatic carbocycles. The van der Waals surface area contributed by atoms with Crippen molar-refractivity contribution in [1.29, 1.82) is 0 Å². The lowest BCUT2D eigenvalue weighted by atomic mass is 10.1. The minimum absolute atomic E-state index is 0.0163. The maximum atomic E-state index is 10.8. The van der Waals surface area contributed by atoms with Crippen LogP contribution in [0.5, 0.6) is 0 Å². The Morgan fingerprint density at radius 2 is 2.00 bits per heavy atom. The Kier molecular flexibility index (Phi) is 6.73. The predicted molar refractivity (Wildman–Crippen MR) is 54.5 cm³/mol. The highest BCUT2D eigenvalue weighted by atomic mass is 35.7. The summed E-state index contributed by atoms with van der Waals surface area (Å²) in [4.78, 5) is 0. The molecule has 0 aromatic carbocycles. The molecule has 0 aromatic rings. The molecule has 0 aromatic heterocycles. The molecule has 0 radical (unpaired) electrons. The molecule has 0 rings (SSSR count). The Labute approximate surface area is 84.8 Å². The highest BCUT2D eigenvalue weighted by Gasteiger charge is 2.16. The van der Waals surface area contributed by atoms with Gasteiger partial charge in [0.2, 0.25) is 9.05 Å². The lowest BCUT2D eigenvalue weighted by Crippen LogP contribution is -2.17. The third-order valence-electron chi connectivity index (χ3n) is 1.69. The molecule has 3 nitrogen and oxygen atoms in total. The summed E-state index contributed by atoms with van der Waals surface area (Å²) in [6.45, 7) is 5.00. The molecule has 0 bridgehead atoms. The van der Waals surface area contributed by atoms with E-state index in [2.05, 4.69) is 0 Å². The van der Waals surface area contributed by atoms with Gasteiger partial charge in [0.25, 0.3) is 0 Å². The van der Waals surface area contributed by atoms with Gasteiger partial charge >= 0.3 is 0 Å². The molecule has 80 valence electrons. The Morgan fingerprint density at radius 3 is 2.38 bits per heavy atom. The molecule has 0 heterocycles. The summed E-state index contributed by atoms with van der Waals surface area (Å²) in [7, 11) is 1.78. The summed E-state index contributed by atoms with van der Waals surface area (Å²) in [5.74, 6) is 0.0509. The van der Waals surface area contributed by atoms with Crippen molar-refractivity contribution in [2.75, 3.05) is 19.0 Å². The largest absolute Gasteiger partial charge is 0.381 e. The summed E-state index contributed by atoms with van der Waals surface area (Å²) >= 11 is 0. The average Bonchev–Trinajstić information content (AvgIpc) is 1.98. The van der Waals surface area contributed by atoms with Crippen LogP contribution in [0, 0.1) is 5.92 Å². The van der Waals surface area contributed by atoms with Gasteiger partial charge in [0.15, 0.2) is 0 Å². The molecule has 13 heavy (non-hydrogen) atoms. The van der Waals surface area contributed by atoms with Crippen LogP contribution in [0.1, 0.15) is 26.7 Å². The average molecular weight is 229 g/mol. The van der Waals surface area contributed by atoms with E-state index in [0.717, 1.165) is 12.8 Å². The van der Waals surface area contributed by atoms with E-state index in [1.165, 1.54) is 0 Å². The zero-order valence-corrected chi connectivity index (χ0v) is 9.70. The monoisotopic (exact) mass is 228 g/mol. The summed E-state index contributed by atoms with van der Waals surface area (Å²) < 4.78 is 26.8. The molecule has 0 saturated heterocycles. The zero-order chi connectivity index (χ0) is 10.3. The smallest absolute Gasteiger partial charge is 0.232 e. The van der Waals surface area contributed by atoms with Crippen molar-refractivity contribution >= 4 is 19.7 Å². The topological polar surface area (TPSA) is 43.4 Å². The van der Waals surface area contributed by atoms with Gasteiger partial charge in [-0.15, -0.1) is 0 Å². The minimum atomic E-state index is -3.38. The van der Waals surface area contributed by atoms with E-state index in [0.29, 0.717) is 13.2 Å². The first kappa shape index (κ1) is 13.2. The van der Waals surface area contributed by atoms with Crippen LogP contribution in [0.2, 0.25) is 0 Å². The third-order valence-corrected chi connectivity index (χ3v) is 2.94. The Balaban J connectivity index is 3.94. The zero-order valence-electron chi connectivity index (χ0n) is 8.12. The van der Waals surface area contributed by atoms with E-state index in [-0.39, 0.29) is 11.7 Å². The van der Waals surface area contributed by atoms with Crippen LogP contribution in [-0.4, -0.2) is 27.4 Å². The number of halogens is 1. The molecule has 0 fully saturated rings. The van der Waals surface area contributed by atoms with Gasteiger partial charge in [-0.1, -0.05) is 13.3 Å². The van der Waals surface area contributed by atoms with Gasteiger partial charge < -0.3 is 4.74 Å². The van der Waals surface area contributed by atoms with Crippen LogP contribution in [0.25, 0.3) is 0 Å². The molecule has 0 aliphatic heterocycles. The van der Waals surface area contributed by atoms with Gasteiger partial charge in [0.05, 0.1) is 12.4 Å². The van der Waals surface area contributed by atoms with E-state index in [1.54, 1.807) is 0 Å². The first-order valence-corrected chi connectivity index (χ1v) is 6.97. The molecule has 0 spiro atoms. The molecule has 1 atom stereocenters. The number of hydrogen-bond acceptors (Lipinski definition) is 3. The first-order chi connectivity index (χ1) is 5.99. The summed E-state index contributed by atoms with van der Waals surface area (Å²) in [6, 6.07) is 0. The van der Waals surface area contributed by atoms with Crippen LogP contribution >= 0.6 is 10.7 Å². The predicted octanol–water partition coefficient (Wildman–Crippen LogP) is 2.01. The van der Waals surface area contributed by atoms with Crippen LogP contribution in [0.15, 0.2) is 0 Å². The summed E-state index contributed by atoms with van der Waals surface area (Å²) in [5, 5.41) is 0. The quantitative estimate of drug-likeness (QED) is 0.626. The van der Waals surface area contributed by atoms with Gasteiger partial charge in [0.1, 0.15) is 0 Å². The molecular weight excluding hydrogens is 212 g/mol. The van der Waals surface area contributed by atoms with Crippen molar-refractivity contribution in [3.05, 3.63) is 0 Å². The molecular formula is C8H17ClO3S. The Morgan fingerprint density at radius 1 is 1.38 bits per heavy atom. The maximum Gasteiger partial charge on any atom is 0.232 e. The number of rotatable bonds is 7. The molecule has 0 amide bonds. The van der Waals surface area contributed by atoms with E-state index in [4.69, 9.17) is 15.4 Å². The van der Waals surface area contributed by atoms with Gasteiger partial charge in [0, 0.05) is 17.3 Å². The number of hydrogen-bond donors (Lipinski definition) is 0. The van der Waals surface area contributed by atoms with Crippen LogP contribution < -0.4 is 0 Å². The van der Waals surface area contributed by atoms with Crippen molar-refractivity contribution in [3.63, 3.8) is 0 Å². The fraction of sp³-hybridized carbons (Fsp3) is 1.00. The van der Waals surface area contributed by atoms with Gasteiger partial charge in [-0.05, 0) is 19.3 Å². The van der Waals surface area contributed by atoms with E-state index < -0.39 is 9.05 Å². The minimum Gasteiger partial charge on any atom is -0.381 e. The normalized spacial score (nSPS) is 14.4. The van der Waals surface area contributed by atoms with Crippen molar-refractivity contribution in [3.8, 4) is 0 Å². The van der Waals surface area contributed by atoms with Gasteiger partial charge in [-0.3, -0.25) is 0 Å². The standard InChI is InChI=1S/C8H17ClO3S/c1-3-5-8(6-12-4-2)7-13(9,10)11/h8H,3-7H2,1-2H3. The number of ether oxygens (including phenoxy) is 1. The summed E-state index contributed by atoms with van der Waals surface area (Å²) in [5.41, 5.74) is 0. The Hall–Kier alpha value is 0.200. The second-order valence-electron chi connectivity index (χ2n) is 3.02. The van der Waals surface area contributed by atoms with E-state index in [9.17, 15) is 8.42 Å². The molecule has 1 unspecified atom stereocenters. The van der Waals surface area contributed by atoms with Crippen molar-refractivity contribution in [2.24, 2.45) is 5.92 Å². The second kappa shape index (κ2) is 6.62. The van der Waals surface area contributed by atoms with Crippen molar-refractivity contribution in [1.82, 2.24) is 0 Å². The highest BCUT2D eigenvalue weighted by molar-refractivity contribution is 8.13. The first-order valence-electron chi connectivity index (χ1n) is 4.49. The van der Waals surface area contributed by atoms with Crippen molar-refractivity contribution in [2.45, 2.75) is 26.7 Å².